The molecule has 0 heterocycles. The zero-order valence-corrected chi connectivity index (χ0v) is 18.6. The highest BCUT2D eigenvalue weighted by Crippen LogP contribution is 2.20. The first-order valence-electron chi connectivity index (χ1n) is 9.52. The molecule has 0 aliphatic heterocycles. The van der Waals surface area contributed by atoms with Crippen molar-refractivity contribution in [1.82, 2.24) is 10.6 Å². The maximum absolute atomic E-state index is 12.5. The average molecular weight is 437 g/mol. The summed E-state index contributed by atoms with van der Waals surface area (Å²) in [7, 11) is 0. The lowest BCUT2D eigenvalue weighted by molar-refractivity contribution is 0.0940. The Balaban J connectivity index is 1.59. The second-order valence-corrected chi connectivity index (χ2v) is 8.28. The predicted molar refractivity (Wildman–Crippen MR) is 125 cm³/mol. The van der Waals surface area contributed by atoms with Crippen LogP contribution in [0.15, 0.2) is 82.6 Å². The molecule has 0 radical (unpaired) electrons. The van der Waals surface area contributed by atoms with Crippen LogP contribution in [0.25, 0.3) is 0 Å². The molecule has 2 N–H and O–H groups in total. The Morgan fingerprint density at radius 3 is 1.53 bits per heavy atom. The minimum atomic E-state index is -0.0904. The fourth-order valence-corrected chi connectivity index (χ4v) is 4.26. The number of benzene rings is 3. The van der Waals surface area contributed by atoms with Crippen molar-refractivity contribution in [2.75, 3.05) is 12.5 Å². The summed E-state index contributed by atoms with van der Waals surface area (Å²) >= 11 is 3.11. The van der Waals surface area contributed by atoms with Gasteiger partial charge in [0.15, 0.2) is 0 Å². The molecular formula is C24H24N2O2S2. The second-order valence-electron chi connectivity index (χ2n) is 6.59. The third-order valence-corrected chi connectivity index (χ3v) is 6.19. The van der Waals surface area contributed by atoms with Crippen molar-refractivity contribution in [1.29, 1.82) is 0 Å². The maximum atomic E-state index is 12.5. The second kappa shape index (κ2) is 10.9. The smallest absolute Gasteiger partial charge is 0.252 e. The Bertz CT molecular complexity index is 958. The quantitative estimate of drug-likeness (QED) is 0.489. The van der Waals surface area contributed by atoms with Gasteiger partial charge in [0.2, 0.25) is 0 Å². The summed E-state index contributed by atoms with van der Waals surface area (Å²) in [5.41, 5.74) is 3.34. The summed E-state index contributed by atoms with van der Waals surface area (Å²) in [4.78, 5) is 27.0. The Hall–Kier alpha value is -2.70. The van der Waals surface area contributed by atoms with Crippen molar-refractivity contribution >= 4 is 35.3 Å². The van der Waals surface area contributed by atoms with E-state index in [1.165, 1.54) is 0 Å². The molecule has 3 aromatic rings. The molecule has 2 amide bonds. The molecule has 0 bridgehead atoms. The van der Waals surface area contributed by atoms with Gasteiger partial charge in [-0.1, -0.05) is 48.5 Å². The lowest BCUT2D eigenvalue weighted by atomic mass is 10.1. The van der Waals surface area contributed by atoms with Gasteiger partial charge in [-0.2, -0.15) is 0 Å². The lowest BCUT2D eigenvalue weighted by Crippen LogP contribution is -2.24. The molecule has 0 aliphatic rings. The van der Waals surface area contributed by atoms with Crippen LogP contribution < -0.4 is 10.6 Å². The molecule has 6 heteroatoms. The van der Waals surface area contributed by atoms with E-state index in [1.807, 2.05) is 85.3 Å². The summed E-state index contributed by atoms with van der Waals surface area (Å²) in [5, 5.41) is 5.96. The van der Waals surface area contributed by atoms with Gasteiger partial charge in [0.1, 0.15) is 0 Å². The van der Waals surface area contributed by atoms with Crippen LogP contribution in [0.2, 0.25) is 0 Å². The molecule has 0 saturated carbocycles. The monoisotopic (exact) mass is 436 g/mol. The summed E-state index contributed by atoms with van der Waals surface area (Å²) < 4.78 is 0. The number of hydrogen-bond donors (Lipinski definition) is 2. The SMILES string of the molecule is CSc1ccccc1C(=O)NCc1cccc(CNC(=O)c2ccccc2SC)c1. The van der Waals surface area contributed by atoms with Crippen LogP contribution in [-0.4, -0.2) is 24.3 Å². The van der Waals surface area contributed by atoms with Crippen molar-refractivity contribution < 1.29 is 9.59 Å². The largest absolute Gasteiger partial charge is 0.348 e. The number of nitrogens with one attached hydrogen (secondary N) is 2. The van der Waals surface area contributed by atoms with Crippen molar-refractivity contribution in [3.63, 3.8) is 0 Å². The fourth-order valence-electron chi connectivity index (χ4n) is 3.07. The lowest BCUT2D eigenvalue weighted by Gasteiger charge is -2.11. The molecule has 4 nitrogen and oxygen atoms in total. The van der Waals surface area contributed by atoms with E-state index in [2.05, 4.69) is 10.6 Å². The summed E-state index contributed by atoms with van der Waals surface area (Å²) in [6, 6.07) is 23.0. The van der Waals surface area contributed by atoms with E-state index in [9.17, 15) is 9.59 Å². The van der Waals surface area contributed by atoms with Gasteiger partial charge in [-0.25, -0.2) is 0 Å². The van der Waals surface area contributed by atoms with E-state index in [0.717, 1.165) is 20.9 Å². The molecule has 154 valence electrons. The highest BCUT2D eigenvalue weighted by atomic mass is 32.2. The first kappa shape index (κ1) is 22.0. The molecular weight excluding hydrogens is 412 g/mol. The van der Waals surface area contributed by atoms with Gasteiger partial charge in [-0.05, 0) is 47.9 Å². The standard InChI is InChI=1S/C24H24N2O2S2/c1-29-21-12-5-3-10-19(21)23(27)25-15-17-8-7-9-18(14-17)16-26-24(28)20-11-4-6-13-22(20)30-2/h3-14H,15-16H2,1-2H3,(H,25,27)(H,26,28). The van der Waals surface area contributed by atoms with Crippen molar-refractivity contribution in [2.24, 2.45) is 0 Å². The van der Waals surface area contributed by atoms with E-state index < -0.39 is 0 Å². The minimum absolute atomic E-state index is 0.0904. The molecule has 3 aromatic carbocycles. The number of carbonyl (C=O) groups excluding carboxylic acids is 2. The summed E-state index contributed by atoms with van der Waals surface area (Å²) in [5.74, 6) is -0.181. The number of rotatable bonds is 8. The topological polar surface area (TPSA) is 58.2 Å². The van der Waals surface area contributed by atoms with Gasteiger partial charge in [0, 0.05) is 22.9 Å². The van der Waals surface area contributed by atoms with E-state index in [0.29, 0.717) is 24.2 Å². The van der Waals surface area contributed by atoms with Crippen LogP contribution in [-0.2, 0) is 13.1 Å². The Kier molecular flexibility index (Phi) is 7.99. The van der Waals surface area contributed by atoms with Crippen molar-refractivity contribution in [2.45, 2.75) is 22.9 Å². The first-order valence-corrected chi connectivity index (χ1v) is 12.0. The van der Waals surface area contributed by atoms with E-state index in [1.54, 1.807) is 23.5 Å². The molecule has 0 unspecified atom stereocenters. The third kappa shape index (κ3) is 5.68. The summed E-state index contributed by atoms with van der Waals surface area (Å²) in [6.45, 7) is 0.858. The van der Waals surface area contributed by atoms with E-state index in [-0.39, 0.29) is 11.8 Å². The normalized spacial score (nSPS) is 10.5. The van der Waals surface area contributed by atoms with Crippen LogP contribution in [0.3, 0.4) is 0 Å². The highest BCUT2D eigenvalue weighted by molar-refractivity contribution is 7.99. The van der Waals surface area contributed by atoms with Crippen LogP contribution >= 0.6 is 23.5 Å². The van der Waals surface area contributed by atoms with Crippen LogP contribution in [0.4, 0.5) is 0 Å². The zero-order valence-electron chi connectivity index (χ0n) is 17.0. The molecule has 0 fully saturated rings. The fraction of sp³-hybridized carbons (Fsp3) is 0.167. The maximum Gasteiger partial charge on any atom is 0.252 e. The van der Waals surface area contributed by atoms with E-state index >= 15 is 0 Å². The predicted octanol–water partition coefficient (Wildman–Crippen LogP) is 4.99. The number of amides is 2. The molecule has 0 spiro atoms. The van der Waals surface area contributed by atoms with Crippen molar-refractivity contribution in [3.05, 3.63) is 95.1 Å². The van der Waals surface area contributed by atoms with Gasteiger partial charge in [-0.3, -0.25) is 9.59 Å². The molecule has 3 rings (SSSR count). The number of carbonyl (C=O) groups is 2. The average Bonchev–Trinajstić information content (AvgIpc) is 2.81. The van der Waals surface area contributed by atoms with Crippen molar-refractivity contribution in [3.8, 4) is 0 Å². The minimum Gasteiger partial charge on any atom is -0.348 e. The first-order chi connectivity index (χ1) is 14.6. The molecule has 0 saturated heterocycles. The van der Waals surface area contributed by atoms with Gasteiger partial charge < -0.3 is 10.6 Å². The molecule has 30 heavy (non-hydrogen) atoms. The summed E-state index contributed by atoms with van der Waals surface area (Å²) in [6.07, 6.45) is 3.92. The number of hydrogen-bond acceptors (Lipinski definition) is 4. The van der Waals surface area contributed by atoms with Gasteiger partial charge in [0.25, 0.3) is 11.8 Å². The zero-order chi connectivity index (χ0) is 21.3. The van der Waals surface area contributed by atoms with Gasteiger partial charge >= 0.3 is 0 Å². The molecule has 0 atom stereocenters. The molecule has 0 aromatic heterocycles. The Morgan fingerprint density at radius 1 is 0.667 bits per heavy atom. The Morgan fingerprint density at radius 2 is 1.10 bits per heavy atom. The Labute approximate surface area is 185 Å². The van der Waals surface area contributed by atoms with Gasteiger partial charge in [0.05, 0.1) is 11.1 Å². The van der Waals surface area contributed by atoms with Crippen LogP contribution in [0.1, 0.15) is 31.8 Å². The highest BCUT2D eigenvalue weighted by Gasteiger charge is 2.11. The van der Waals surface area contributed by atoms with E-state index in [4.69, 9.17) is 0 Å². The molecule has 0 aliphatic carbocycles. The third-order valence-electron chi connectivity index (χ3n) is 4.60. The van der Waals surface area contributed by atoms with Crippen LogP contribution in [0.5, 0.6) is 0 Å². The number of thioether (sulfide) groups is 2. The van der Waals surface area contributed by atoms with Crippen LogP contribution in [0, 0.1) is 0 Å². The van der Waals surface area contributed by atoms with Gasteiger partial charge in [-0.15, -0.1) is 23.5 Å².